The van der Waals surface area contributed by atoms with Crippen LogP contribution in [0.4, 0.5) is 5.82 Å². The molecule has 2 aromatic rings. The number of nitrogens with zero attached hydrogens (tertiary/aromatic N) is 4. The van der Waals surface area contributed by atoms with Gasteiger partial charge in [-0.1, -0.05) is 36.1 Å². The van der Waals surface area contributed by atoms with Crippen molar-refractivity contribution >= 4 is 46.1 Å². The van der Waals surface area contributed by atoms with Crippen LogP contribution < -0.4 is 15.2 Å². The van der Waals surface area contributed by atoms with Gasteiger partial charge in [0.25, 0.3) is 11.5 Å². The average Bonchev–Trinajstić information content (AvgIpc) is 3.08. The number of methoxy groups -OCH3 is 1. The van der Waals surface area contributed by atoms with E-state index in [9.17, 15) is 14.9 Å². The number of carbonyl (C=O) groups excluding carboxylic acids is 1. The number of amides is 1. The Balaban J connectivity index is 2.06. The number of carbonyl (C=O) groups is 1. The summed E-state index contributed by atoms with van der Waals surface area (Å²) in [5.74, 6) is 1.23. The molecule has 1 fully saturated rings. The molecule has 33 heavy (non-hydrogen) atoms. The van der Waals surface area contributed by atoms with Crippen LogP contribution in [0.15, 0.2) is 34.0 Å². The maximum Gasteiger partial charge on any atom is 0.270 e. The molecule has 0 aliphatic carbocycles. The Morgan fingerprint density at radius 1 is 1.21 bits per heavy atom. The van der Waals surface area contributed by atoms with Crippen LogP contribution in [0.3, 0.4) is 0 Å². The molecule has 0 radical (unpaired) electrons. The smallest absolute Gasteiger partial charge is 0.270 e. The van der Waals surface area contributed by atoms with Crippen molar-refractivity contribution < 1.29 is 9.53 Å². The molecule has 0 N–H and O–H groups in total. The van der Waals surface area contributed by atoms with Gasteiger partial charge in [0, 0.05) is 25.7 Å². The van der Waals surface area contributed by atoms with Crippen LogP contribution in [0.2, 0.25) is 0 Å². The van der Waals surface area contributed by atoms with Gasteiger partial charge in [-0.15, -0.1) is 0 Å². The Morgan fingerprint density at radius 2 is 1.85 bits per heavy atom. The number of nitriles is 1. The second kappa shape index (κ2) is 10.2. The summed E-state index contributed by atoms with van der Waals surface area (Å²) < 4.78 is 7.15. The highest BCUT2D eigenvalue weighted by Gasteiger charge is 2.33. The lowest BCUT2D eigenvalue weighted by molar-refractivity contribution is -0.122. The van der Waals surface area contributed by atoms with E-state index in [-0.39, 0.29) is 17.0 Å². The Bertz CT molecular complexity index is 1220. The van der Waals surface area contributed by atoms with Crippen molar-refractivity contribution in [3.8, 4) is 11.8 Å². The fourth-order valence-corrected chi connectivity index (χ4v) is 5.04. The number of thiocarbonyl (C=S) groups is 1. The molecule has 3 rings (SSSR count). The SMILES string of the molecule is CCN(CC)c1c(/C=C2\SC(=S)N(Cc3ccc(OC)cc3)C2=O)c(C)c(C#N)c(=O)n1C. The lowest BCUT2D eigenvalue weighted by Crippen LogP contribution is -2.33. The largest absolute Gasteiger partial charge is 0.497 e. The minimum atomic E-state index is -0.346. The third kappa shape index (κ3) is 4.68. The molecule has 7 nitrogen and oxygen atoms in total. The number of aromatic nitrogens is 1. The first-order valence-corrected chi connectivity index (χ1v) is 11.8. The lowest BCUT2D eigenvalue weighted by Gasteiger charge is -2.27. The highest BCUT2D eigenvalue weighted by molar-refractivity contribution is 8.26. The van der Waals surface area contributed by atoms with E-state index in [4.69, 9.17) is 17.0 Å². The molecule has 0 saturated carbocycles. The van der Waals surface area contributed by atoms with Crippen LogP contribution >= 0.6 is 24.0 Å². The van der Waals surface area contributed by atoms with Crippen LogP contribution in [0.25, 0.3) is 6.08 Å². The number of rotatable bonds is 7. The molecule has 0 spiro atoms. The van der Waals surface area contributed by atoms with Gasteiger partial charge in [-0.2, -0.15) is 5.26 Å². The number of pyridine rings is 1. The molecule has 9 heteroatoms. The second-order valence-electron chi connectivity index (χ2n) is 7.50. The molecule has 1 amide bonds. The zero-order valence-electron chi connectivity index (χ0n) is 19.3. The minimum absolute atomic E-state index is 0.0772. The zero-order chi connectivity index (χ0) is 24.3. The van der Waals surface area contributed by atoms with E-state index in [0.29, 0.717) is 45.8 Å². The first kappa shape index (κ1) is 24.6. The van der Waals surface area contributed by atoms with E-state index in [1.807, 2.05) is 49.1 Å². The molecule has 0 bridgehead atoms. The lowest BCUT2D eigenvalue weighted by atomic mass is 10.0. The fraction of sp³-hybridized carbons (Fsp3) is 0.333. The molecule has 172 valence electrons. The summed E-state index contributed by atoms with van der Waals surface area (Å²) >= 11 is 6.73. The summed E-state index contributed by atoms with van der Waals surface area (Å²) in [6, 6.07) is 9.51. The van der Waals surface area contributed by atoms with E-state index in [1.165, 1.54) is 16.3 Å². The number of hydrogen-bond acceptors (Lipinski definition) is 7. The predicted molar refractivity (Wildman–Crippen MR) is 136 cm³/mol. The van der Waals surface area contributed by atoms with Gasteiger partial charge >= 0.3 is 0 Å². The van der Waals surface area contributed by atoms with E-state index >= 15 is 0 Å². The van der Waals surface area contributed by atoms with Crippen molar-refractivity contribution in [2.45, 2.75) is 27.3 Å². The summed E-state index contributed by atoms with van der Waals surface area (Å²) in [7, 11) is 3.26. The number of thioether (sulfide) groups is 1. The topological polar surface area (TPSA) is 78.6 Å². The minimum Gasteiger partial charge on any atom is -0.497 e. The van der Waals surface area contributed by atoms with Crippen molar-refractivity contribution in [2.75, 3.05) is 25.1 Å². The highest BCUT2D eigenvalue weighted by atomic mass is 32.2. The first-order chi connectivity index (χ1) is 15.8. The second-order valence-corrected chi connectivity index (χ2v) is 9.18. The van der Waals surface area contributed by atoms with Crippen LogP contribution in [0.1, 0.15) is 36.1 Å². The van der Waals surface area contributed by atoms with Gasteiger partial charge in [-0.05, 0) is 50.1 Å². The van der Waals surface area contributed by atoms with Crippen molar-refractivity contribution in [1.82, 2.24) is 9.47 Å². The van der Waals surface area contributed by atoms with Crippen LogP contribution in [-0.2, 0) is 18.4 Å². The molecule has 1 aromatic carbocycles. The monoisotopic (exact) mass is 482 g/mol. The first-order valence-electron chi connectivity index (χ1n) is 10.5. The molecular weight excluding hydrogens is 456 g/mol. The number of ether oxygens (including phenoxy) is 1. The van der Waals surface area contributed by atoms with E-state index in [0.717, 1.165) is 11.3 Å². The van der Waals surface area contributed by atoms with Gasteiger partial charge in [0.1, 0.15) is 27.5 Å². The third-order valence-corrected chi connectivity index (χ3v) is 7.06. The van der Waals surface area contributed by atoms with E-state index in [2.05, 4.69) is 0 Å². The van der Waals surface area contributed by atoms with Crippen LogP contribution in [0.5, 0.6) is 5.75 Å². The van der Waals surface area contributed by atoms with Gasteiger partial charge in [0.15, 0.2) is 0 Å². The Kier molecular flexibility index (Phi) is 7.61. The Morgan fingerprint density at radius 3 is 2.39 bits per heavy atom. The quantitative estimate of drug-likeness (QED) is 0.438. The number of hydrogen-bond donors (Lipinski definition) is 0. The molecule has 1 aromatic heterocycles. The molecule has 2 heterocycles. The standard InChI is InChI=1S/C24H26N4O3S2/c1-6-27(7-2)21-18(15(3)19(13-25)22(29)26(21)4)12-20-23(30)28(24(32)33-20)14-16-8-10-17(31-5)11-9-16/h8-12H,6-7,14H2,1-5H3/b20-12-. The van der Waals surface area contributed by atoms with Crippen LogP contribution in [-0.4, -0.2) is 39.9 Å². The van der Waals surface area contributed by atoms with Crippen molar-refractivity contribution in [3.05, 3.63) is 61.8 Å². The predicted octanol–water partition coefficient (Wildman–Crippen LogP) is 3.82. The van der Waals surface area contributed by atoms with Gasteiger partial charge in [0.05, 0.1) is 18.6 Å². The van der Waals surface area contributed by atoms with E-state index < -0.39 is 0 Å². The highest BCUT2D eigenvalue weighted by Crippen LogP contribution is 2.36. The molecular formula is C24H26N4O3S2. The van der Waals surface area contributed by atoms with E-state index in [1.54, 1.807) is 32.1 Å². The van der Waals surface area contributed by atoms with Gasteiger partial charge in [-0.25, -0.2) is 0 Å². The summed E-state index contributed by atoms with van der Waals surface area (Å²) in [6.07, 6.45) is 1.76. The molecule has 1 aliphatic heterocycles. The maximum absolute atomic E-state index is 13.3. The fourth-order valence-electron chi connectivity index (χ4n) is 3.80. The zero-order valence-corrected chi connectivity index (χ0v) is 21.0. The summed E-state index contributed by atoms with van der Waals surface area (Å²) in [5.41, 5.74) is 1.90. The Labute approximate surface area is 203 Å². The summed E-state index contributed by atoms with van der Waals surface area (Å²) in [5, 5.41) is 9.58. The summed E-state index contributed by atoms with van der Waals surface area (Å²) in [6.45, 7) is 7.45. The van der Waals surface area contributed by atoms with Gasteiger partial charge in [0.2, 0.25) is 0 Å². The normalized spacial score (nSPS) is 14.7. The van der Waals surface area contributed by atoms with Crippen LogP contribution in [0, 0.1) is 18.3 Å². The van der Waals surface area contributed by atoms with Crippen molar-refractivity contribution in [1.29, 1.82) is 5.26 Å². The van der Waals surface area contributed by atoms with Gasteiger partial charge < -0.3 is 9.64 Å². The van der Waals surface area contributed by atoms with Gasteiger partial charge in [-0.3, -0.25) is 19.1 Å². The molecule has 1 saturated heterocycles. The molecule has 0 atom stereocenters. The van der Waals surface area contributed by atoms with Crippen molar-refractivity contribution in [2.24, 2.45) is 7.05 Å². The molecule has 1 aliphatic rings. The maximum atomic E-state index is 13.3. The number of benzene rings is 1. The molecule has 0 unspecified atom stereocenters. The third-order valence-electron chi connectivity index (χ3n) is 5.68. The number of anilines is 1. The average molecular weight is 483 g/mol. The Hall–Kier alpha value is -3.09. The summed E-state index contributed by atoms with van der Waals surface area (Å²) in [4.78, 5) is 30.1. The van der Waals surface area contributed by atoms with Crippen molar-refractivity contribution in [3.63, 3.8) is 0 Å².